The predicted octanol–water partition coefficient (Wildman–Crippen LogP) is 2.53. The first kappa shape index (κ1) is 18.7. The topological polar surface area (TPSA) is 65.4 Å². The lowest BCUT2D eigenvalue weighted by molar-refractivity contribution is 0.794. The molecule has 8 heteroatoms. The van der Waals surface area contributed by atoms with Gasteiger partial charge in [-0.1, -0.05) is 6.92 Å². The highest BCUT2D eigenvalue weighted by molar-refractivity contribution is 7.13. The van der Waals surface area contributed by atoms with E-state index in [2.05, 4.69) is 44.8 Å². The van der Waals surface area contributed by atoms with E-state index in [-0.39, 0.29) is 0 Å². The van der Waals surface area contributed by atoms with E-state index < -0.39 is 0 Å². The Hall–Kier alpha value is -1.67. The molecule has 6 nitrogen and oxygen atoms in total. The molecule has 0 aliphatic rings. The summed E-state index contributed by atoms with van der Waals surface area (Å²) in [5.41, 5.74) is 0.994. The van der Waals surface area contributed by atoms with Crippen LogP contribution in [-0.2, 0) is 19.4 Å². The Kier molecular flexibility index (Phi) is 7.45. The van der Waals surface area contributed by atoms with E-state index in [9.17, 15) is 0 Å². The van der Waals surface area contributed by atoms with Crippen molar-refractivity contribution in [2.75, 3.05) is 32.1 Å². The fourth-order valence-electron chi connectivity index (χ4n) is 1.99. The van der Waals surface area contributed by atoms with Crippen LogP contribution < -0.4 is 15.5 Å². The van der Waals surface area contributed by atoms with Crippen LogP contribution in [0.25, 0.3) is 0 Å². The van der Waals surface area contributed by atoms with Crippen LogP contribution in [0.2, 0.25) is 0 Å². The number of aryl methyl sites for hydroxylation is 1. The largest absolute Gasteiger partial charge is 0.357 e. The Morgan fingerprint density at radius 2 is 2.12 bits per heavy atom. The predicted molar refractivity (Wildman–Crippen MR) is 104 cm³/mol. The van der Waals surface area contributed by atoms with Crippen molar-refractivity contribution in [1.82, 2.24) is 20.6 Å². The first-order chi connectivity index (χ1) is 11.6. The van der Waals surface area contributed by atoms with Crippen molar-refractivity contribution >= 4 is 33.8 Å². The molecule has 0 aliphatic carbocycles. The number of aromatic nitrogens is 2. The summed E-state index contributed by atoms with van der Waals surface area (Å²) < 4.78 is 0. The Labute approximate surface area is 152 Å². The van der Waals surface area contributed by atoms with Crippen molar-refractivity contribution in [1.29, 1.82) is 0 Å². The molecular formula is C16H26N6S2. The Morgan fingerprint density at radius 3 is 2.75 bits per heavy atom. The zero-order valence-electron chi connectivity index (χ0n) is 14.8. The van der Waals surface area contributed by atoms with E-state index in [0.717, 1.165) is 42.7 Å². The number of hydrogen-bond donors (Lipinski definition) is 2. The van der Waals surface area contributed by atoms with Gasteiger partial charge >= 0.3 is 0 Å². The molecule has 2 aromatic heterocycles. The van der Waals surface area contributed by atoms with Crippen molar-refractivity contribution < 1.29 is 0 Å². The quantitative estimate of drug-likeness (QED) is 0.555. The molecule has 0 fully saturated rings. The Bertz CT molecular complexity index is 647. The Morgan fingerprint density at radius 1 is 1.29 bits per heavy atom. The fourth-order valence-corrected chi connectivity index (χ4v) is 3.60. The van der Waals surface area contributed by atoms with E-state index in [1.807, 2.05) is 25.2 Å². The van der Waals surface area contributed by atoms with Crippen molar-refractivity contribution in [3.05, 3.63) is 27.2 Å². The molecule has 2 aromatic rings. The molecule has 0 aliphatic heterocycles. The van der Waals surface area contributed by atoms with Crippen molar-refractivity contribution in [3.8, 4) is 0 Å². The van der Waals surface area contributed by atoms with Crippen LogP contribution in [0.4, 0.5) is 5.13 Å². The molecule has 0 saturated carbocycles. The third kappa shape index (κ3) is 5.76. The number of thiazole rings is 2. The van der Waals surface area contributed by atoms with Gasteiger partial charge in [0.25, 0.3) is 0 Å². The SMILES string of the molecule is CCNC(=NCc1csc(N(C)C)n1)NCCc1ncc(CC)s1. The molecule has 0 spiro atoms. The summed E-state index contributed by atoms with van der Waals surface area (Å²) in [6.07, 6.45) is 3.94. The van der Waals surface area contributed by atoms with Crippen LogP contribution in [0, 0.1) is 0 Å². The summed E-state index contributed by atoms with van der Waals surface area (Å²) >= 11 is 3.43. The summed E-state index contributed by atoms with van der Waals surface area (Å²) in [6.45, 7) is 6.46. The minimum atomic E-state index is 0.580. The molecular weight excluding hydrogens is 340 g/mol. The van der Waals surface area contributed by atoms with Crippen LogP contribution in [0.3, 0.4) is 0 Å². The molecule has 2 heterocycles. The lowest BCUT2D eigenvalue weighted by Gasteiger charge is -2.10. The van der Waals surface area contributed by atoms with E-state index >= 15 is 0 Å². The van der Waals surface area contributed by atoms with Gasteiger partial charge in [-0.2, -0.15) is 0 Å². The molecule has 0 atom stereocenters. The standard InChI is InChI=1S/C16H26N6S2/c1-5-13-10-19-14(24-13)7-8-18-15(17-6-2)20-9-12-11-23-16(21-12)22(3)4/h10-11H,5-9H2,1-4H3,(H2,17,18,20). The molecule has 0 radical (unpaired) electrons. The maximum Gasteiger partial charge on any atom is 0.191 e. The molecule has 132 valence electrons. The number of nitrogens with zero attached hydrogens (tertiary/aromatic N) is 4. The molecule has 24 heavy (non-hydrogen) atoms. The summed E-state index contributed by atoms with van der Waals surface area (Å²) in [6, 6.07) is 0. The van der Waals surface area contributed by atoms with Gasteiger partial charge < -0.3 is 15.5 Å². The average Bonchev–Trinajstić information content (AvgIpc) is 3.22. The van der Waals surface area contributed by atoms with Gasteiger partial charge in [-0.05, 0) is 13.3 Å². The second-order valence-corrected chi connectivity index (χ2v) is 7.50. The van der Waals surface area contributed by atoms with Gasteiger partial charge in [-0.25, -0.2) is 15.0 Å². The first-order valence-electron chi connectivity index (χ1n) is 8.19. The molecule has 2 N–H and O–H groups in total. The van der Waals surface area contributed by atoms with Gasteiger partial charge in [0.05, 0.1) is 17.2 Å². The van der Waals surface area contributed by atoms with Gasteiger partial charge in [0.15, 0.2) is 11.1 Å². The third-order valence-corrected chi connectivity index (χ3v) is 5.51. The summed E-state index contributed by atoms with van der Waals surface area (Å²) in [5.74, 6) is 0.823. The normalized spacial score (nSPS) is 11.6. The van der Waals surface area contributed by atoms with Crippen molar-refractivity contribution in [2.45, 2.75) is 33.2 Å². The van der Waals surface area contributed by atoms with Gasteiger partial charge in [-0.3, -0.25) is 0 Å². The maximum atomic E-state index is 4.61. The molecule has 0 aromatic carbocycles. The van der Waals surface area contributed by atoms with Crippen molar-refractivity contribution in [3.63, 3.8) is 0 Å². The Balaban J connectivity index is 1.85. The lowest BCUT2D eigenvalue weighted by atomic mass is 10.4. The number of hydrogen-bond acceptors (Lipinski definition) is 6. The zero-order chi connectivity index (χ0) is 17.4. The summed E-state index contributed by atoms with van der Waals surface area (Å²) in [7, 11) is 4.00. The highest BCUT2D eigenvalue weighted by Crippen LogP contribution is 2.18. The molecule has 0 bridgehead atoms. The lowest BCUT2D eigenvalue weighted by Crippen LogP contribution is -2.38. The van der Waals surface area contributed by atoms with E-state index in [1.165, 1.54) is 9.88 Å². The number of rotatable bonds is 8. The minimum Gasteiger partial charge on any atom is -0.357 e. The molecule has 2 rings (SSSR count). The smallest absolute Gasteiger partial charge is 0.191 e. The van der Waals surface area contributed by atoms with Gasteiger partial charge in [0.1, 0.15) is 0 Å². The highest BCUT2D eigenvalue weighted by atomic mass is 32.1. The van der Waals surface area contributed by atoms with Gasteiger partial charge in [-0.15, -0.1) is 22.7 Å². The fraction of sp³-hybridized carbons (Fsp3) is 0.562. The monoisotopic (exact) mass is 366 g/mol. The van der Waals surface area contributed by atoms with Crippen molar-refractivity contribution in [2.24, 2.45) is 4.99 Å². The summed E-state index contributed by atoms with van der Waals surface area (Å²) in [4.78, 5) is 17.0. The minimum absolute atomic E-state index is 0.580. The maximum absolute atomic E-state index is 4.61. The average molecular weight is 367 g/mol. The van der Waals surface area contributed by atoms with E-state index in [4.69, 9.17) is 0 Å². The highest BCUT2D eigenvalue weighted by Gasteiger charge is 2.05. The van der Waals surface area contributed by atoms with Crippen LogP contribution >= 0.6 is 22.7 Å². The van der Waals surface area contributed by atoms with Crippen LogP contribution in [0.1, 0.15) is 29.4 Å². The second kappa shape index (κ2) is 9.58. The molecule has 0 amide bonds. The van der Waals surface area contributed by atoms with E-state index in [0.29, 0.717) is 6.54 Å². The molecule has 0 unspecified atom stereocenters. The van der Waals surface area contributed by atoms with Crippen LogP contribution in [0.15, 0.2) is 16.6 Å². The van der Waals surface area contributed by atoms with Gasteiger partial charge in [0, 0.05) is 50.1 Å². The number of guanidine groups is 1. The first-order valence-corrected chi connectivity index (χ1v) is 9.89. The van der Waals surface area contributed by atoms with Crippen LogP contribution in [0.5, 0.6) is 0 Å². The number of aliphatic imine (C=N–C) groups is 1. The number of nitrogens with one attached hydrogen (secondary N) is 2. The summed E-state index contributed by atoms with van der Waals surface area (Å²) in [5, 5.41) is 10.9. The van der Waals surface area contributed by atoms with Crippen LogP contribution in [-0.4, -0.2) is 43.1 Å². The second-order valence-electron chi connectivity index (χ2n) is 5.46. The van der Waals surface area contributed by atoms with Gasteiger partial charge in [0.2, 0.25) is 0 Å². The number of anilines is 1. The molecule has 0 saturated heterocycles. The zero-order valence-corrected chi connectivity index (χ0v) is 16.4. The third-order valence-electron chi connectivity index (χ3n) is 3.25. The van der Waals surface area contributed by atoms with E-state index in [1.54, 1.807) is 22.7 Å².